The van der Waals surface area contributed by atoms with Gasteiger partial charge in [0.05, 0.1) is 16.8 Å². The van der Waals surface area contributed by atoms with E-state index in [1.54, 1.807) is 9.47 Å². The summed E-state index contributed by atoms with van der Waals surface area (Å²) < 4.78 is 7.97. The molecule has 2 aromatic rings. The fraction of sp³-hybridized carbons (Fsp3) is 0.500. The largest absolute Gasteiger partial charge is 0.447 e. The summed E-state index contributed by atoms with van der Waals surface area (Å²) in [6, 6.07) is 7.50. The first kappa shape index (κ1) is 19.2. The van der Waals surface area contributed by atoms with E-state index in [4.69, 9.17) is 4.74 Å². The number of carbonyl (C=O) groups is 1. The van der Waals surface area contributed by atoms with E-state index in [9.17, 15) is 9.59 Å². The first-order valence-electron chi connectivity index (χ1n) is 7.74. The zero-order valence-electron chi connectivity index (χ0n) is 13.7. The summed E-state index contributed by atoms with van der Waals surface area (Å²) in [4.78, 5) is 26.0. The molecule has 0 radical (unpaired) electrons. The highest BCUT2D eigenvalue weighted by Gasteiger charge is 2.25. The minimum Gasteiger partial charge on any atom is -0.447 e. The molecule has 5 nitrogen and oxygen atoms in total. The van der Waals surface area contributed by atoms with Crippen LogP contribution in [0.25, 0.3) is 10.2 Å². The zero-order valence-corrected chi connectivity index (χ0v) is 16.3. The zero-order chi connectivity index (χ0) is 17.7. The van der Waals surface area contributed by atoms with Crippen molar-refractivity contribution in [2.45, 2.75) is 32.5 Å². The van der Waals surface area contributed by atoms with Crippen molar-refractivity contribution in [3.05, 3.63) is 33.9 Å². The number of hydrogen-bond donors (Lipinski definition) is 2. The molecule has 0 aliphatic carbocycles. The second kappa shape index (κ2) is 8.82. The molecule has 0 N–H and O–H groups in total. The van der Waals surface area contributed by atoms with Crippen LogP contribution in [-0.4, -0.2) is 45.8 Å². The highest BCUT2D eigenvalue weighted by atomic mass is 32.1. The number of nitrogens with zero attached hydrogens (tertiary/aromatic N) is 2. The predicted octanol–water partition coefficient (Wildman–Crippen LogP) is 3.14. The number of hydrogen-bond acceptors (Lipinski definition) is 6. The van der Waals surface area contributed by atoms with Crippen LogP contribution in [0.2, 0.25) is 0 Å². The van der Waals surface area contributed by atoms with E-state index in [2.05, 4.69) is 25.3 Å². The van der Waals surface area contributed by atoms with Gasteiger partial charge in [-0.1, -0.05) is 23.5 Å². The Bertz CT molecular complexity index is 733. The van der Waals surface area contributed by atoms with Gasteiger partial charge in [-0.15, -0.1) is 0 Å². The summed E-state index contributed by atoms with van der Waals surface area (Å²) in [7, 11) is 0. The molecule has 2 atom stereocenters. The van der Waals surface area contributed by atoms with Crippen molar-refractivity contribution >= 4 is 52.9 Å². The van der Waals surface area contributed by atoms with E-state index in [0.29, 0.717) is 18.1 Å². The van der Waals surface area contributed by atoms with Gasteiger partial charge in [-0.05, 0) is 26.0 Å². The fourth-order valence-electron chi connectivity index (χ4n) is 2.49. The first-order valence-corrected chi connectivity index (χ1v) is 9.83. The third-order valence-corrected chi connectivity index (χ3v) is 5.82. The average molecular weight is 387 g/mol. The number of ether oxygens (including phenoxy) is 1. The fourth-order valence-corrected chi connectivity index (χ4v) is 3.76. The Morgan fingerprint density at radius 1 is 1.25 bits per heavy atom. The summed E-state index contributed by atoms with van der Waals surface area (Å²) in [6.07, 6.45) is -0.398. The van der Waals surface area contributed by atoms with Crippen LogP contribution in [0, 0.1) is 0 Å². The molecule has 0 saturated carbocycles. The van der Waals surface area contributed by atoms with Gasteiger partial charge in [0.2, 0.25) is 0 Å². The number of fused-ring (bicyclic) bond motifs is 1. The number of thiol groups is 2. The second-order valence-electron chi connectivity index (χ2n) is 5.57. The number of para-hydroxylation sites is 1. The third kappa shape index (κ3) is 4.29. The van der Waals surface area contributed by atoms with Crippen LogP contribution in [0.15, 0.2) is 29.1 Å². The third-order valence-electron chi connectivity index (χ3n) is 3.80. The molecule has 1 amide bonds. The number of aromatic nitrogens is 1. The molecule has 0 fully saturated rings. The van der Waals surface area contributed by atoms with Crippen LogP contribution in [0.1, 0.15) is 13.8 Å². The highest BCUT2D eigenvalue weighted by molar-refractivity contribution is 7.80. The Kier molecular flexibility index (Phi) is 7.06. The van der Waals surface area contributed by atoms with Gasteiger partial charge >= 0.3 is 11.0 Å². The molecule has 8 heteroatoms. The van der Waals surface area contributed by atoms with Crippen molar-refractivity contribution in [3.63, 3.8) is 0 Å². The molecule has 0 aliphatic rings. The van der Waals surface area contributed by atoms with Gasteiger partial charge < -0.3 is 9.64 Å². The smallest absolute Gasteiger partial charge is 0.410 e. The van der Waals surface area contributed by atoms with Crippen LogP contribution in [0.3, 0.4) is 0 Å². The molecule has 0 aliphatic heterocycles. The van der Waals surface area contributed by atoms with Crippen LogP contribution >= 0.6 is 36.6 Å². The lowest BCUT2D eigenvalue weighted by Crippen LogP contribution is -2.47. The van der Waals surface area contributed by atoms with Crippen LogP contribution in [0.5, 0.6) is 0 Å². The molecule has 2 rings (SSSR count). The van der Waals surface area contributed by atoms with Crippen molar-refractivity contribution < 1.29 is 9.53 Å². The van der Waals surface area contributed by atoms with E-state index < -0.39 is 6.09 Å². The monoisotopic (exact) mass is 386 g/mol. The molecule has 0 bridgehead atoms. The van der Waals surface area contributed by atoms with Gasteiger partial charge in [-0.3, -0.25) is 9.36 Å². The Hall–Kier alpha value is -1.12. The van der Waals surface area contributed by atoms with Crippen LogP contribution in [0.4, 0.5) is 4.79 Å². The summed E-state index contributed by atoms with van der Waals surface area (Å²) in [5.74, 6) is 1.09. The molecule has 0 saturated heterocycles. The van der Waals surface area contributed by atoms with Crippen molar-refractivity contribution in [1.82, 2.24) is 9.47 Å². The number of carbonyl (C=O) groups excluding carboxylic acids is 1. The number of amides is 1. The maximum Gasteiger partial charge on any atom is 0.410 e. The molecule has 2 unspecified atom stereocenters. The maximum absolute atomic E-state index is 12.4. The van der Waals surface area contributed by atoms with Gasteiger partial charge in [-0.25, -0.2) is 4.79 Å². The van der Waals surface area contributed by atoms with Crippen molar-refractivity contribution in [1.29, 1.82) is 0 Å². The van der Waals surface area contributed by atoms with E-state index in [1.165, 1.54) is 11.3 Å². The highest BCUT2D eigenvalue weighted by Crippen LogP contribution is 2.16. The molecule has 1 aromatic heterocycles. The number of rotatable bonds is 7. The Morgan fingerprint density at radius 2 is 1.88 bits per heavy atom. The summed E-state index contributed by atoms with van der Waals surface area (Å²) in [5, 5.41) is 0. The molecule has 0 spiro atoms. The number of benzene rings is 1. The lowest BCUT2D eigenvalue weighted by atomic mass is 10.2. The minimum absolute atomic E-state index is 0.0449. The van der Waals surface area contributed by atoms with E-state index >= 15 is 0 Å². The maximum atomic E-state index is 12.4. The Balaban J connectivity index is 2.03. The summed E-state index contributed by atoms with van der Waals surface area (Å²) in [6.45, 7) is 4.33. The van der Waals surface area contributed by atoms with Crippen molar-refractivity contribution in [2.24, 2.45) is 0 Å². The van der Waals surface area contributed by atoms with Crippen molar-refractivity contribution in [2.75, 3.05) is 18.1 Å². The van der Waals surface area contributed by atoms with E-state index in [0.717, 1.165) is 10.2 Å². The van der Waals surface area contributed by atoms with Gasteiger partial charge in [0.25, 0.3) is 0 Å². The van der Waals surface area contributed by atoms with Gasteiger partial charge in [0.1, 0.15) is 6.61 Å². The van der Waals surface area contributed by atoms with Crippen molar-refractivity contribution in [3.8, 4) is 0 Å². The van der Waals surface area contributed by atoms with Crippen LogP contribution < -0.4 is 4.87 Å². The molecular formula is C16H22N2O3S3. The summed E-state index contributed by atoms with van der Waals surface area (Å²) in [5.41, 5.74) is 0.868. The SMILES string of the molecule is CC(CS)N(C(=O)OCCn1c(=O)sc2ccccc21)C(C)CS. The number of thiazole rings is 1. The topological polar surface area (TPSA) is 51.5 Å². The molecule has 1 aromatic carbocycles. The normalized spacial score (nSPS) is 13.7. The molecule has 132 valence electrons. The van der Waals surface area contributed by atoms with E-state index in [-0.39, 0.29) is 23.6 Å². The lowest BCUT2D eigenvalue weighted by Gasteiger charge is -2.32. The first-order chi connectivity index (χ1) is 11.5. The average Bonchev–Trinajstić information content (AvgIpc) is 2.90. The van der Waals surface area contributed by atoms with Gasteiger partial charge in [0, 0.05) is 23.6 Å². The molecule has 24 heavy (non-hydrogen) atoms. The minimum atomic E-state index is -0.398. The Labute approximate surface area is 156 Å². The summed E-state index contributed by atoms with van der Waals surface area (Å²) >= 11 is 9.71. The second-order valence-corrected chi connectivity index (χ2v) is 7.30. The lowest BCUT2D eigenvalue weighted by molar-refractivity contribution is 0.0784. The predicted molar refractivity (Wildman–Crippen MR) is 106 cm³/mol. The van der Waals surface area contributed by atoms with Crippen LogP contribution in [-0.2, 0) is 11.3 Å². The molecule has 1 heterocycles. The quantitative estimate of drug-likeness (QED) is 0.719. The van der Waals surface area contributed by atoms with Gasteiger partial charge in [-0.2, -0.15) is 25.3 Å². The van der Waals surface area contributed by atoms with Gasteiger partial charge in [0.15, 0.2) is 0 Å². The molecular weight excluding hydrogens is 364 g/mol. The Morgan fingerprint density at radius 3 is 2.50 bits per heavy atom. The van der Waals surface area contributed by atoms with E-state index in [1.807, 2.05) is 38.1 Å². The standard InChI is InChI=1S/C16H22N2O3S3/c1-11(9-22)18(12(2)10-23)15(19)21-8-7-17-13-5-3-4-6-14(13)24-16(17)20/h3-6,11-12,22-23H,7-10H2,1-2H3.